The Hall–Kier alpha value is -2.41. The molecule has 2 aliphatic carbocycles. The Kier molecular flexibility index (Phi) is 10.4. The van der Waals surface area contributed by atoms with Crippen LogP contribution in [0.15, 0.2) is 48.5 Å². The van der Waals surface area contributed by atoms with Gasteiger partial charge in [-0.2, -0.15) is 0 Å². The summed E-state index contributed by atoms with van der Waals surface area (Å²) in [4.78, 5) is 32.2. The second-order valence-electron chi connectivity index (χ2n) is 13.4. The average Bonchev–Trinajstić information content (AvgIpc) is 3.45. The number of carbonyl (C=O) groups excluding carboxylic acids is 2. The van der Waals surface area contributed by atoms with Crippen molar-refractivity contribution in [2.45, 2.75) is 102 Å². The van der Waals surface area contributed by atoms with Crippen molar-refractivity contribution >= 4 is 23.4 Å². The van der Waals surface area contributed by atoms with Crippen molar-refractivity contribution < 1.29 is 9.59 Å². The van der Waals surface area contributed by atoms with Crippen LogP contribution >= 0.6 is 11.6 Å². The van der Waals surface area contributed by atoms with Crippen molar-refractivity contribution in [1.29, 1.82) is 0 Å². The van der Waals surface area contributed by atoms with E-state index in [1.807, 2.05) is 41.3 Å². The summed E-state index contributed by atoms with van der Waals surface area (Å²) in [5.41, 5.74) is 3.42. The van der Waals surface area contributed by atoms with E-state index in [1.54, 1.807) is 0 Å². The van der Waals surface area contributed by atoms with E-state index in [1.165, 1.54) is 75.3 Å². The molecule has 6 rings (SSSR count). The van der Waals surface area contributed by atoms with Crippen LogP contribution in [0.1, 0.15) is 93.4 Å². The van der Waals surface area contributed by atoms with Crippen LogP contribution in [0.2, 0.25) is 5.02 Å². The Morgan fingerprint density at radius 3 is 2.12 bits per heavy atom. The zero-order valence-electron chi connectivity index (χ0n) is 25.6. The van der Waals surface area contributed by atoms with Gasteiger partial charge in [0, 0.05) is 62.7 Å². The van der Waals surface area contributed by atoms with Gasteiger partial charge in [0.05, 0.1) is 0 Å². The number of fused-ring (bicyclic) bond motifs is 1. The highest BCUT2D eigenvalue weighted by molar-refractivity contribution is 6.30. The SMILES string of the molecule is O=C(CC1NCc2ccccc21)NC(Cc1ccc(Cl)cc1)C(=O)N1CCN(C(C2CCCCC2)C2CCCCC2)CC1. The van der Waals surface area contributed by atoms with Crippen LogP contribution < -0.4 is 10.6 Å². The molecule has 1 saturated heterocycles. The molecule has 2 atom stereocenters. The molecule has 2 aromatic carbocycles. The summed E-state index contributed by atoms with van der Waals surface area (Å²) in [6.45, 7) is 4.12. The minimum Gasteiger partial charge on any atom is -0.344 e. The fourth-order valence-corrected chi connectivity index (χ4v) is 8.57. The van der Waals surface area contributed by atoms with Crippen LogP contribution in [-0.4, -0.2) is 59.9 Å². The molecule has 3 fully saturated rings. The third kappa shape index (κ3) is 7.64. The Balaban J connectivity index is 1.12. The maximum absolute atomic E-state index is 14.1. The van der Waals surface area contributed by atoms with Gasteiger partial charge in [-0.1, -0.05) is 86.5 Å². The summed E-state index contributed by atoms with van der Waals surface area (Å²) < 4.78 is 0. The third-order valence-electron chi connectivity index (χ3n) is 10.7. The highest BCUT2D eigenvalue weighted by atomic mass is 35.5. The van der Waals surface area contributed by atoms with Gasteiger partial charge in [-0.05, 0) is 66.3 Å². The number of hydrogen-bond donors (Lipinski definition) is 2. The molecule has 2 aromatic rings. The first-order valence-electron chi connectivity index (χ1n) is 16.9. The van der Waals surface area contributed by atoms with Gasteiger partial charge in [0.2, 0.25) is 11.8 Å². The molecule has 4 aliphatic rings. The number of carbonyl (C=O) groups is 2. The Labute approximate surface area is 262 Å². The van der Waals surface area contributed by atoms with E-state index in [2.05, 4.69) is 27.7 Å². The molecular weight excluding hydrogens is 556 g/mol. The summed E-state index contributed by atoms with van der Waals surface area (Å²) in [6.07, 6.45) is 14.5. The summed E-state index contributed by atoms with van der Waals surface area (Å²) in [5, 5.41) is 7.29. The van der Waals surface area contributed by atoms with Crippen LogP contribution in [0.25, 0.3) is 0 Å². The van der Waals surface area contributed by atoms with Gasteiger partial charge in [-0.15, -0.1) is 0 Å². The normalized spacial score (nSPS) is 22.8. The molecule has 43 heavy (non-hydrogen) atoms. The van der Waals surface area contributed by atoms with E-state index in [0.717, 1.165) is 50.1 Å². The van der Waals surface area contributed by atoms with Gasteiger partial charge >= 0.3 is 0 Å². The number of hydrogen-bond acceptors (Lipinski definition) is 4. The van der Waals surface area contributed by atoms with Crippen LogP contribution in [0.4, 0.5) is 0 Å². The maximum Gasteiger partial charge on any atom is 0.245 e. The third-order valence-corrected chi connectivity index (χ3v) is 10.9. The lowest BCUT2D eigenvalue weighted by Gasteiger charge is -2.48. The second-order valence-corrected chi connectivity index (χ2v) is 13.9. The number of rotatable bonds is 9. The fraction of sp³-hybridized carbons (Fsp3) is 0.611. The van der Waals surface area contributed by atoms with Crippen molar-refractivity contribution in [3.63, 3.8) is 0 Å². The van der Waals surface area contributed by atoms with E-state index in [0.29, 0.717) is 23.9 Å². The van der Waals surface area contributed by atoms with Gasteiger partial charge in [0.1, 0.15) is 6.04 Å². The van der Waals surface area contributed by atoms with Crippen LogP contribution in [0, 0.1) is 11.8 Å². The maximum atomic E-state index is 14.1. The highest BCUT2D eigenvalue weighted by Crippen LogP contribution is 2.39. The Morgan fingerprint density at radius 1 is 0.837 bits per heavy atom. The van der Waals surface area contributed by atoms with Gasteiger partial charge in [0.25, 0.3) is 0 Å². The molecule has 7 heteroatoms. The molecule has 2 aliphatic heterocycles. The number of amides is 2. The smallest absolute Gasteiger partial charge is 0.245 e. The van der Waals surface area contributed by atoms with E-state index >= 15 is 0 Å². The summed E-state index contributed by atoms with van der Waals surface area (Å²) in [5.74, 6) is 1.57. The predicted octanol–water partition coefficient (Wildman–Crippen LogP) is 6.28. The number of nitrogens with zero attached hydrogens (tertiary/aromatic N) is 2. The molecule has 6 nitrogen and oxygen atoms in total. The molecule has 0 radical (unpaired) electrons. The van der Waals surface area contributed by atoms with Crippen molar-refractivity contribution in [2.75, 3.05) is 26.2 Å². The van der Waals surface area contributed by atoms with Gasteiger partial charge in [0.15, 0.2) is 0 Å². The topological polar surface area (TPSA) is 64.7 Å². The lowest BCUT2D eigenvalue weighted by Crippen LogP contribution is -2.59. The summed E-state index contributed by atoms with van der Waals surface area (Å²) in [7, 11) is 0. The molecule has 232 valence electrons. The van der Waals surface area contributed by atoms with Crippen molar-refractivity contribution in [2.24, 2.45) is 11.8 Å². The van der Waals surface area contributed by atoms with Crippen LogP contribution in [0.3, 0.4) is 0 Å². The van der Waals surface area contributed by atoms with Gasteiger partial charge < -0.3 is 15.5 Å². The molecule has 0 spiro atoms. The molecule has 2 saturated carbocycles. The number of benzene rings is 2. The summed E-state index contributed by atoms with van der Waals surface area (Å²) in [6, 6.07) is 15.9. The average molecular weight is 605 g/mol. The molecule has 0 aromatic heterocycles. The van der Waals surface area contributed by atoms with E-state index in [9.17, 15) is 9.59 Å². The molecule has 2 heterocycles. The highest BCUT2D eigenvalue weighted by Gasteiger charge is 2.38. The molecule has 2 unspecified atom stereocenters. The second kappa shape index (κ2) is 14.6. The van der Waals surface area contributed by atoms with E-state index in [-0.39, 0.29) is 17.9 Å². The first-order chi connectivity index (χ1) is 21.0. The van der Waals surface area contributed by atoms with Crippen LogP contribution in [-0.2, 0) is 22.6 Å². The fourth-order valence-electron chi connectivity index (χ4n) is 8.45. The lowest BCUT2D eigenvalue weighted by atomic mass is 9.73. The van der Waals surface area contributed by atoms with Gasteiger partial charge in [-0.25, -0.2) is 0 Å². The number of piperazine rings is 1. The number of halogens is 1. The van der Waals surface area contributed by atoms with Gasteiger partial charge in [-0.3, -0.25) is 14.5 Å². The van der Waals surface area contributed by atoms with Crippen molar-refractivity contribution in [3.05, 3.63) is 70.2 Å². The zero-order chi connectivity index (χ0) is 29.6. The molecule has 2 N–H and O–H groups in total. The zero-order valence-corrected chi connectivity index (χ0v) is 26.4. The van der Waals surface area contributed by atoms with Crippen molar-refractivity contribution in [3.8, 4) is 0 Å². The first kappa shape index (κ1) is 30.6. The summed E-state index contributed by atoms with van der Waals surface area (Å²) >= 11 is 6.15. The standard InChI is InChI=1S/C36H49ClN4O2/c37-30-17-15-26(16-18-30)23-33(39-34(42)24-32-31-14-8-7-13-29(31)25-38-32)36(43)41-21-19-40(20-22-41)35(27-9-3-1-4-10-27)28-11-5-2-6-12-28/h7-8,13-18,27-28,32-33,35,38H,1-6,9-12,19-25H2,(H,39,42). The molecule has 2 amide bonds. The Morgan fingerprint density at radius 2 is 1.47 bits per heavy atom. The monoisotopic (exact) mass is 604 g/mol. The first-order valence-corrected chi connectivity index (χ1v) is 17.3. The quantitative estimate of drug-likeness (QED) is 0.354. The minimum absolute atomic E-state index is 0.0254. The molecule has 0 bridgehead atoms. The largest absolute Gasteiger partial charge is 0.344 e. The van der Waals surface area contributed by atoms with E-state index < -0.39 is 6.04 Å². The van der Waals surface area contributed by atoms with Crippen molar-refractivity contribution in [1.82, 2.24) is 20.4 Å². The van der Waals surface area contributed by atoms with Crippen LogP contribution in [0.5, 0.6) is 0 Å². The lowest BCUT2D eigenvalue weighted by molar-refractivity contribution is -0.138. The molecular formula is C36H49ClN4O2. The van der Waals surface area contributed by atoms with E-state index in [4.69, 9.17) is 11.6 Å². The Bertz CT molecular complexity index is 1200. The number of nitrogens with one attached hydrogen (secondary N) is 2. The predicted molar refractivity (Wildman–Crippen MR) is 173 cm³/mol. The minimum atomic E-state index is -0.593.